The van der Waals surface area contributed by atoms with Crippen LogP contribution < -0.4 is 10.5 Å². The van der Waals surface area contributed by atoms with Gasteiger partial charge in [0.2, 0.25) is 0 Å². The highest BCUT2D eigenvalue weighted by Crippen LogP contribution is 2.28. The first-order chi connectivity index (χ1) is 8.76. The van der Waals surface area contributed by atoms with Crippen LogP contribution in [0.5, 0.6) is 5.75 Å². The minimum atomic E-state index is -0.848. The first-order valence-electron chi connectivity index (χ1n) is 5.60. The zero-order valence-corrected chi connectivity index (χ0v) is 10.1. The largest absolute Gasteiger partial charge is 0.496 e. The summed E-state index contributed by atoms with van der Waals surface area (Å²) in [6.07, 6.45) is 0.753. The van der Waals surface area contributed by atoms with Crippen LogP contribution in [0.2, 0.25) is 0 Å². The lowest BCUT2D eigenvalue weighted by Crippen LogP contribution is -2.14. The van der Waals surface area contributed by atoms with Crippen molar-refractivity contribution >= 4 is 0 Å². The second-order valence-corrected chi connectivity index (χ2v) is 3.75. The summed E-state index contributed by atoms with van der Waals surface area (Å²) in [6, 6.07) is 9.32. The van der Waals surface area contributed by atoms with E-state index in [4.69, 9.17) is 10.5 Å². The Hall–Kier alpha value is -1.98. The molecule has 0 bridgehead atoms. The number of benzene rings is 1. The van der Waals surface area contributed by atoms with Crippen molar-refractivity contribution in [3.8, 4) is 17.0 Å². The van der Waals surface area contributed by atoms with Gasteiger partial charge in [-0.1, -0.05) is 12.1 Å². The lowest BCUT2D eigenvalue weighted by atomic mass is 10.1. The molecule has 1 atom stereocenters. The quantitative estimate of drug-likeness (QED) is 0.844. The van der Waals surface area contributed by atoms with Crippen molar-refractivity contribution in [2.24, 2.45) is 5.73 Å². The summed E-state index contributed by atoms with van der Waals surface area (Å²) in [7, 11) is 1.61. The van der Waals surface area contributed by atoms with Gasteiger partial charge in [0.1, 0.15) is 11.9 Å². The fraction of sp³-hybridized carbons (Fsp3) is 0.231. The predicted molar refractivity (Wildman–Crippen MR) is 68.0 cm³/mol. The molecule has 0 aliphatic heterocycles. The highest BCUT2D eigenvalue weighted by molar-refractivity contribution is 5.66. The highest BCUT2D eigenvalue weighted by atomic mass is 16.5. The van der Waals surface area contributed by atoms with Crippen molar-refractivity contribution in [1.29, 1.82) is 0 Å². The molecule has 0 aliphatic carbocycles. The first kappa shape index (κ1) is 12.5. The van der Waals surface area contributed by atoms with Gasteiger partial charge in [0.25, 0.3) is 0 Å². The van der Waals surface area contributed by atoms with Gasteiger partial charge in [-0.25, -0.2) is 9.97 Å². The zero-order valence-electron chi connectivity index (χ0n) is 10.1. The molecule has 2 aromatic rings. The van der Waals surface area contributed by atoms with Crippen LogP contribution in [-0.2, 0) is 0 Å². The first-order valence-corrected chi connectivity index (χ1v) is 5.60. The number of nitrogens with zero attached hydrogens (tertiary/aromatic N) is 2. The summed E-state index contributed by atoms with van der Waals surface area (Å²) in [5.74, 6) is 1.05. The Morgan fingerprint density at radius 2 is 2.11 bits per heavy atom. The summed E-state index contributed by atoms with van der Waals surface area (Å²) < 4.78 is 5.28. The summed E-state index contributed by atoms with van der Waals surface area (Å²) in [6.45, 7) is 0.0926. The Labute approximate surface area is 105 Å². The van der Waals surface area contributed by atoms with Gasteiger partial charge in [-0.2, -0.15) is 0 Å². The minimum Gasteiger partial charge on any atom is -0.496 e. The van der Waals surface area contributed by atoms with E-state index in [2.05, 4.69) is 9.97 Å². The van der Waals surface area contributed by atoms with E-state index in [1.165, 1.54) is 0 Å². The van der Waals surface area contributed by atoms with E-state index < -0.39 is 6.10 Å². The molecule has 0 aliphatic rings. The van der Waals surface area contributed by atoms with Crippen molar-refractivity contribution in [2.75, 3.05) is 13.7 Å². The van der Waals surface area contributed by atoms with Gasteiger partial charge in [0.15, 0.2) is 5.82 Å². The number of methoxy groups -OCH3 is 1. The molecule has 1 heterocycles. The van der Waals surface area contributed by atoms with Gasteiger partial charge < -0.3 is 15.6 Å². The number of para-hydroxylation sites is 1. The highest BCUT2D eigenvalue weighted by Gasteiger charge is 2.11. The van der Waals surface area contributed by atoms with Crippen LogP contribution in [0.3, 0.4) is 0 Å². The molecule has 0 amide bonds. The lowest BCUT2D eigenvalue weighted by Gasteiger charge is -2.10. The smallest absolute Gasteiger partial charge is 0.158 e. The van der Waals surface area contributed by atoms with Gasteiger partial charge in [-0.05, 0) is 18.2 Å². The van der Waals surface area contributed by atoms with Crippen LogP contribution >= 0.6 is 0 Å². The number of hydrogen-bond acceptors (Lipinski definition) is 5. The number of hydrogen-bond donors (Lipinski definition) is 2. The van der Waals surface area contributed by atoms with E-state index in [0.29, 0.717) is 11.5 Å². The van der Waals surface area contributed by atoms with Crippen molar-refractivity contribution in [2.45, 2.75) is 6.10 Å². The van der Waals surface area contributed by atoms with Gasteiger partial charge in [0.05, 0.1) is 12.8 Å². The molecule has 0 radical (unpaired) electrons. The number of aromatic nitrogens is 2. The number of nitrogens with two attached hydrogens (primary N) is 1. The molecule has 1 aromatic carbocycles. The third kappa shape index (κ3) is 2.47. The summed E-state index contributed by atoms with van der Waals surface area (Å²) in [5, 5.41) is 9.65. The maximum atomic E-state index is 9.65. The second-order valence-electron chi connectivity index (χ2n) is 3.75. The van der Waals surface area contributed by atoms with Crippen LogP contribution in [0.25, 0.3) is 11.3 Å². The predicted octanol–water partition coefficient (Wildman–Crippen LogP) is 1.14. The average Bonchev–Trinajstić information content (AvgIpc) is 2.46. The molecule has 5 heteroatoms. The molecule has 3 N–H and O–H groups in total. The Bertz CT molecular complexity index is 531. The van der Waals surface area contributed by atoms with Crippen molar-refractivity contribution in [1.82, 2.24) is 9.97 Å². The second kappa shape index (κ2) is 5.57. The Morgan fingerprint density at radius 1 is 1.33 bits per heavy atom. The number of aliphatic hydroxyl groups is 1. The third-order valence-electron chi connectivity index (χ3n) is 2.58. The Kier molecular flexibility index (Phi) is 3.86. The van der Waals surface area contributed by atoms with Crippen LogP contribution in [-0.4, -0.2) is 28.7 Å². The van der Waals surface area contributed by atoms with Gasteiger partial charge in [0, 0.05) is 18.3 Å². The molecular formula is C13H15N3O2. The standard InChI is InChI=1S/C13H15N3O2/c1-18-12-5-3-2-4-9(12)10-6-7-15-13(16-10)11(17)8-14/h2-7,11,17H,8,14H2,1H3. The third-order valence-corrected chi connectivity index (χ3v) is 2.58. The molecule has 0 spiro atoms. The van der Waals surface area contributed by atoms with Gasteiger partial charge in [-0.3, -0.25) is 0 Å². The Balaban J connectivity index is 2.44. The van der Waals surface area contributed by atoms with E-state index in [-0.39, 0.29) is 6.54 Å². The normalized spacial score (nSPS) is 12.2. The molecule has 94 valence electrons. The van der Waals surface area contributed by atoms with Crippen LogP contribution in [0.4, 0.5) is 0 Å². The van der Waals surface area contributed by atoms with Crippen molar-refractivity contribution < 1.29 is 9.84 Å². The van der Waals surface area contributed by atoms with E-state index in [0.717, 1.165) is 11.3 Å². The Morgan fingerprint density at radius 3 is 2.83 bits per heavy atom. The fourth-order valence-electron chi connectivity index (χ4n) is 1.65. The molecular weight excluding hydrogens is 230 g/mol. The van der Waals surface area contributed by atoms with Gasteiger partial charge >= 0.3 is 0 Å². The topological polar surface area (TPSA) is 81.3 Å². The van der Waals surface area contributed by atoms with Crippen LogP contribution in [0.15, 0.2) is 36.5 Å². The molecule has 1 unspecified atom stereocenters. The van der Waals surface area contributed by atoms with E-state index >= 15 is 0 Å². The molecule has 1 aromatic heterocycles. The van der Waals surface area contributed by atoms with Crippen LogP contribution in [0, 0.1) is 0 Å². The van der Waals surface area contributed by atoms with Gasteiger partial charge in [-0.15, -0.1) is 0 Å². The van der Waals surface area contributed by atoms with Crippen molar-refractivity contribution in [3.63, 3.8) is 0 Å². The minimum absolute atomic E-state index is 0.0926. The molecule has 0 fully saturated rings. The lowest BCUT2D eigenvalue weighted by molar-refractivity contribution is 0.176. The molecule has 5 nitrogen and oxygen atoms in total. The van der Waals surface area contributed by atoms with E-state index in [1.54, 1.807) is 19.4 Å². The average molecular weight is 245 g/mol. The summed E-state index contributed by atoms with van der Waals surface area (Å²) >= 11 is 0. The SMILES string of the molecule is COc1ccccc1-c1ccnc(C(O)CN)n1. The maximum Gasteiger partial charge on any atom is 0.158 e. The number of aliphatic hydroxyl groups excluding tert-OH is 1. The zero-order chi connectivity index (χ0) is 13.0. The molecule has 0 saturated carbocycles. The summed E-state index contributed by atoms with van der Waals surface area (Å²) in [4.78, 5) is 8.31. The maximum absolute atomic E-state index is 9.65. The van der Waals surface area contributed by atoms with E-state index in [9.17, 15) is 5.11 Å². The van der Waals surface area contributed by atoms with E-state index in [1.807, 2.05) is 24.3 Å². The monoisotopic (exact) mass is 245 g/mol. The molecule has 2 rings (SSSR count). The number of rotatable bonds is 4. The van der Waals surface area contributed by atoms with Crippen LogP contribution in [0.1, 0.15) is 11.9 Å². The molecule has 0 saturated heterocycles. The number of ether oxygens (including phenoxy) is 1. The fourth-order valence-corrected chi connectivity index (χ4v) is 1.65. The molecule has 18 heavy (non-hydrogen) atoms. The summed E-state index contributed by atoms with van der Waals surface area (Å²) in [5.41, 5.74) is 6.95. The van der Waals surface area contributed by atoms with Crippen molar-refractivity contribution in [3.05, 3.63) is 42.4 Å².